The zero-order chi connectivity index (χ0) is 19.1. The molecule has 0 aromatic carbocycles. The Hall–Kier alpha value is -1.28. The molecule has 2 fully saturated rings. The Morgan fingerprint density at radius 2 is 2.25 bits per heavy atom. The van der Waals surface area contributed by atoms with Gasteiger partial charge in [-0.2, -0.15) is 0 Å². The van der Waals surface area contributed by atoms with E-state index in [0.717, 1.165) is 70.6 Å². The first-order valence-corrected chi connectivity index (χ1v) is 11.5. The maximum Gasteiger partial charge on any atom is 0.0969 e. The van der Waals surface area contributed by atoms with Crippen LogP contribution in [-0.4, -0.2) is 51.8 Å². The topological polar surface area (TPSA) is 52.4 Å². The van der Waals surface area contributed by atoms with E-state index < -0.39 is 0 Å². The van der Waals surface area contributed by atoms with Gasteiger partial charge in [0.05, 0.1) is 30.6 Å². The predicted octanol–water partition coefficient (Wildman–Crippen LogP) is 3.14. The van der Waals surface area contributed by atoms with Crippen molar-refractivity contribution in [2.45, 2.75) is 76.8 Å². The van der Waals surface area contributed by atoms with Gasteiger partial charge >= 0.3 is 0 Å². The Balaban J connectivity index is 1.26. The van der Waals surface area contributed by atoms with E-state index in [-0.39, 0.29) is 5.60 Å². The molecule has 6 nitrogen and oxygen atoms in total. The summed E-state index contributed by atoms with van der Waals surface area (Å²) in [6.45, 7) is 9.04. The summed E-state index contributed by atoms with van der Waals surface area (Å²) in [5.74, 6) is 0. The van der Waals surface area contributed by atoms with Gasteiger partial charge in [0.15, 0.2) is 0 Å². The standard InChI is InChI=1S/C21H30N4O2S/c1-3-18-10-19-20(28-18)5-9-27-21(19)6-7-24(15(2)11-21)12-16-13-25(23-22-16)14-17-4-8-26-17/h10,13,15,17H,3-9,11-12,14H2,1-2H3/t15-,17?,21+/m0/s1. The van der Waals surface area contributed by atoms with Gasteiger partial charge in [-0.3, -0.25) is 4.90 Å². The Morgan fingerprint density at radius 3 is 3.00 bits per heavy atom. The fraction of sp³-hybridized carbons (Fsp3) is 0.714. The highest BCUT2D eigenvalue weighted by Gasteiger charge is 2.44. The minimum Gasteiger partial charge on any atom is -0.376 e. The molecule has 0 saturated carbocycles. The van der Waals surface area contributed by atoms with E-state index in [1.165, 1.54) is 10.4 Å². The summed E-state index contributed by atoms with van der Waals surface area (Å²) < 4.78 is 13.9. The van der Waals surface area contributed by atoms with E-state index in [1.54, 1.807) is 4.88 Å². The number of hydrogen-bond donors (Lipinski definition) is 0. The van der Waals surface area contributed by atoms with E-state index in [4.69, 9.17) is 9.47 Å². The van der Waals surface area contributed by atoms with Crippen LogP contribution in [0.2, 0.25) is 0 Å². The van der Waals surface area contributed by atoms with Gasteiger partial charge in [-0.1, -0.05) is 12.1 Å². The molecule has 1 unspecified atom stereocenters. The normalized spacial score (nSPS) is 30.4. The van der Waals surface area contributed by atoms with Crippen LogP contribution >= 0.6 is 11.3 Å². The van der Waals surface area contributed by atoms with E-state index >= 15 is 0 Å². The largest absolute Gasteiger partial charge is 0.376 e. The molecule has 7 heteroatoms. The van der Waals surface area contributed by atoms with E-state index in [0.29, 0.717) is 12.1 Å². The van der Waals surface area contributed by atoms with Crippen LogP contribution in [0.5, 0.6) is 0 Å². The fourth-order valence-corrected chi connectivity index (χ4v) is 6.03. The monoisotopic (exact) mass is 402 g/mol. The quantitative estimate of drug-likeness (QED) is 0.769. The lowest BCUT2D eigenvalue weighted by Gasteiger charge is -2.47. The van der Waals surface area contributed by atoms with Gasteiger partial charge in [-0.05, 0) is 44.2 Å². The van der Waals surface area contributed by atoms with E-state index in [2.05, 4.69) is 41.3 Å². The number of aryl methyl sites for hydroxylation is 1. The molecule has 3 atom stereocenters. The third-order valence-electron chi connectivity index (χ3n) is 6.59. The van der Waals surface area contributed by atoms with Crippen LogP contribution in [0.1, 0.15) is 54.1 Å². The number of likely N-dealkylation sites (tertiary alicyclic amines) is 1. The summed E-state index contributed by atoms with van der Waals surface area (Å²) in [6, 6.07) is 2.89. The van der Waals surface area contributed by atoms with Crippen LogP contribution in [0.3, 0.4) is 0 Å². The first-order valence-electron chi connectivity index (χ1n) is 10.7. The Morgan fingerprint density at radius 1 is 1.36 bits per heavy atom. The first kappa shape index (κ1) is 18.7. The van der Waals surface area contributed by atoms with Crippen LogP contribution in [0, 0.1) is 0 Å². The molecular formula is C21H30N4O2S. The molecule has 2 aromatic heterocycles. The number of piperidine rings is 1. The Kier molecular flexibility index (Phi) is 5.03. The minimum absolute atomic E-state index is 0.0768. The smallest absolute Gasteiger partial charge is 0.0969 e. The maximum atomic E-state index is 6.46. The third kappa shape index (κ3) is 3.43. The molecule has 152 valence electrons. The van der Waals surface area contributed by atoms with Gasteiger partial charge in [-0.25, -0.2) is 4.68 Å². The molecule has 0 radical (unpaired) electrons. The number of aromatic nitrogens is 3. The molecular weight excluding hydrogens is 372 g/mol. The number of ether oxygens (including phenoxy) is 2. The first-order chi connectivity index (χ1) is 13.6. The molecule has 2 aromatic rings. The number of fused-ring (bicyclic) bond motifs is 2. The van der Waals surface area contributed by atoms with Gasteiger partial charge in [0.25, 0.3) is 0 Å². The van der Waals surface area contributed by atoms with Crippen LogP contribution in [-0.2, 0) is 41.0 Å². The van der Waals surface area contributed by atoms with Crippen molar-refractivity contribution in [3.05, 3.63) is 33.3 Å². The summed E-state index contributed by atoms with van der Waals surface area (Å²) in [5, 5.41) is 8.69. The van der Waals surface area contributed by atoms with Crippen molar-refractivity contribution in [1.82, 2.24) is 19.9 Å². The molecule has 0 amide bonds. The average Bonchev–Trinajstić information content (AvgIpc) is 3.28. The second kappa shape index (κ2) is 7.52. The lowest BCUT2D eigenvalue weighted by Crippen LogP contribution is -2.50. The lowest BCUT2D eigenvalue weighted by molar-refractivity contribution is -0.112. The fourth-order valence-electron chi connectivity index (χ4n) is 4.86. The molecule has 0 bridgehead atoms. The summed E-state index contributed by atoms with van der Waals surface area (Å²) in [5.41, 5.74) is 2.46. The summed E-state index contributed by atoms with van der Waals surface area (Å²) in [4.78, 5) is 5.59. The second-order valence-electron chi connectivity index (χ2n) is 8.48. The van der Waals surface area contributed by atoms with E-state index in [9.17, 15) is 0 Å². The summed E-state index contributed by atoms with van der Waals surface area (Å²) in [6.07, 6.45) is 7.85. The van der Waals surface area contributed by atoms with Crippen LogP contribution in [0.4, 0.5) is 0 Å². The van der Waals surface area contributed by atoms with Gasteiger partial charge in [-0.15, -0.1) is 16.4 Å². The molecule has 1 spiro atoms. The van der Waals surface area contributed by atoms with Crippen LogP contribution in [0.25, 0.3) is 0 Å². The number of thiophene rings is 1. The molecule has 3 aliphatic heterocycles. The zero-order valence-corrected chi connectivity index (χ0v) is 17.7. The molecule has 3 aliphatic rings. The molecule has 5 rings (SSSR count). The molecule has 0 N–H and O–H groups in total. The summed E-state index contributed by atoms with van der Waals surface area (Å²) >= 11 is 2.00. The average molecular weight is 403 g/mol. The van der Waals surface area contributed by atoms with Crippen molar-refractivity contribution in [1.29, 1.82) is 0 Å². The number of nitrogens with zero attached hydrogens (tertiary/aromatic N) is 4. The second-order valence-corrected chi connectivity index (χ2v) is 9.70. The van der Waals surface area contributed by atoms with Crippen LogP contribution in [0.15, 0.2) is 12.3 Å². The van der Waals surface area contributed by atoms with Crippen molar-refractivity contribution >= 4 is 11.3 Å². The Labute approximate surface area is 170 Å². The predicted molar refractivity (Wildman–Crippen MR) is 109 cm³/mol. The highest BCUT2D eigenvalue weighted by Crippen LogP contribution is 2.46. The maximum absolute atomic E-state index is 6.46. The van der Waals surface area contributed by atoms with Gasteiger partial charge < -0.3 is 9.47 Å². The van der Waals surface area contributed by atoms with Crippen molar-refractivity contribution in [3.8, 4) is 0 Å². The Bertz CT molecular complexity index is 830. The number of rotatable bonds is 5. The van der Waals surface area contributed by atoms with Crippen molar-refractivity contribution < 1.29 is 9.47 Å². The third-order valence-corrected chi connectivity index (χ3v) is 7.93. The zero-order valence-electron chi connectivity index (χ0n) is 16.9. The van der Waals surface area contributed by atoms with Crippen molar-refractivity contribution in [2.24, 2.45) is 0 Å². The lowest BCUT2D eigenvalue weighted by atomic mass is 9.79. The van der Waals surface area contributed by atoms with Gasteiger partial charge in [0.2, 0.25) is 0 Å². The van der Waals surface area contributed by atoms with E-state index in [1.807, 2.05) is 16.0 Å². The van der Waals surface area contributed by atoms with Gasteiger partial charge in [0.1, 0.15) is 0 Å². The van der Waals surface area contributed by atoms with Gasteiger partial charge in [0, 0.05) is 48.1 Å². The summed E-state index contributed by atoms with van der Waals surface area (Å²) in [7, 11) is 0. The van der Waals surface area contributed by atoms with Crippen molar-refractivity contribution in [3.63, 3.8) is 0 Å². The van der Waals surface area contributed by atoms with Crippen molar-refractivity contribution in [2.75, 3.05) is 19.8 Å². The van der Waals surface area contributed by atoms with Crippen LogP contribution < -0.4 is 0 Å². The number of hydrogen-bond acceptors (Lipinski definition) is 6. The molecule has 5 heterocycles. The molecule has 28 heavy (non-hydrogen) atoms. The molecule has 2 saturated heterocycles. The SMILES string of the molecule is CCc1cc2c(s1)CCO[C@@]21CCN(Cc2cn(CC3CCO3)nn2)[C@@H](C)C1. The minimum atomic E-state index is -0.0768. The highest BCUT2D eigenvalue weighted by atomic mass is 32.1. The molecule has 0 aliphatic carbocycles. The highest BCUT2D eigenvalue weighted by molar-refractivity contribution is 7.12.